The molecule has 9 nitrogen and oxygen atoms in total. The molecule has 0 radical (unpaired) electrons. The van der Waals surface area contributed by atoms with Crippen LogP contribution < -0.4 is 9.64 Å². The molecule has 0 N–H and O–H groups in total. The van der Waals surface area contributed by atoms with Crippen LogP contribution in [-0.4, -0.2) is 71.4 Å². The number of carbonyl (C=O) groups is 2. The first-order valence-electron chi connectivity index (χ1n) is 12.2. The lowest BCUT2D eigenvalue weighted by atomic mass is 9.97. The van der Waals surface area contributed by atoms with Gasteiger partial charge in [-0.25, -0.2) is 0 Å². The van der Waals surface area contributed by atoms with Crippen molar-refractivity contribution in [3.63, 3.8) is 0 Å². The molecule has 2 unspecified atom stereocenters. The molecule has 0 bridgehead atoms. The van der Waals surface area contributed by atoms with Crippen molar-refractivity contribution in [2.24, 2.45) is 0 Å². The number of likely N-dealkylation sites (tertiary alicyclic amines) is 1. The molecular weight excluding hydrogens is 448 g/mol. The summed E-state index contributed by atoms with van der Waals surface area (Å²) in [7, 11) is 0. The molecule has 2 amide bonds. The normalized spacial score (nSPS) is 20.5. The Bertz CT molecular complexity index is 1060. The fourth-order valence-corrected chi connectivity index (χ4v) is 5.05. The van der Waals surface area contributed by atoms with Gasteiger partial charge >= 0.3 is 0 Å². The summed E-state index contributed by atoms with van der Waals surface area (Å²) >= 11 is 0. The first-order chi connectivity index (χ1) is 16.8. The van der Waals surface area contributed by atoms with E-state index in [0.717, 1.165) is 19.3 Å². The average Bonchev–Trinajstić information content (AvgIpc) is 2.87. The molecule has 2 aromatic carbocycles. The highest BCUT2D eigenvalue weighted by atomic mass is 16.6. The largest absolute Gasteiger partial charge is 0.484 e. The molecule has 2 aliphatic rings. The number of benzene rings is 2. The molecule has 0 aromatic heterocycles. The van der Waals surface area contributed by atoms with Gasteiger partial charge in [-0.1, -0.05) is 12.1 Å². The van der Waals surface area contributed by atoms with E-state index in [0.29, 0.717) is 43.2 Å². The van der Waals surface area contributed by atoms with Crippen LogP contribution in [0.2, 0.25) is 0 Å². The fourth-order valence-electron chi connectivity index (χ4n) is 5.05. The lowest BCUT2D eigenvalue weighted by Crippen LogP contribution is -2.49. The summed E-state index contributed by atoms with van der Waals surface area (Å²) in [5, 5.41) is 11.3. The Morgan fingerprint density at radius 2 is 1.60 bits per heavy atom. The van der Waals surface area contributed by atoms with Crippen LogP contribution in [0.3, 0.4) is 0 Å². The first kappa shape index (κ1) is 24.5. The molecule has 2 atom stereocenters. The molecule has 2 aliphatic heterocycles. The van der Waals surface area contributed by atoms with Crippen molar-refractivity contribution in [2.45, 2.75) is 45.2 Å². The molecule has 0 aliphatic carbocycles. The summed E-state index contributed by atoms with van der Waals surface area (Å²) in [6.07, 6.45) is 3.18. The molecule has 186 valence electrons. The molecule has 2 aromatic rings. The van der Waals surface area contributed by atoms with Crippen molar-refractivity contribution in [1.82, 2.24) is 9.80 Å². The number of hydrogen-bond acceptors (Lipinski definition) is 6. The van der Waals surface area contributed by atoms with Gasteiger partial charge in [0.05, 0.1) is 4.92 Å². The predicted octanol–water partition coefficient (Wildman–Crippen LogP) is 3.73. The summed E-state index contributed by atoms with van der Waals surface area (Å²) in [5.74, 6) is 0.445. The number of nitro groups is 1. The molecule has 2 saturated heterocycles. The van der Waals surface area contributed by atoms with Crippen LogP contribution in [0.1, 0.15) is 43.5 Å². The highest BCUT2D eigenvalue weighted by Crippen LogP contribution is 2.28. The maximum atomic E-state index is 13.0. The van der Waals surface area contributed by atoms with Gasteiger partial charge in [-0.2, -0.15) is 0 Å². The second-order valence-electron chi connectivity index (χ2n) is 9.27. The summed E-state index contributed by atoms with van der Waals surface area (Å²) in [4.78, 5) is 42.2. The number of nitrogens with zero attached hydrogens (tertiary/aromatic N) is 4. The van der Waals surface area contributed by atoms with Crippen molar-refractivity contribution in [2.75, 3.05) is 37.7 Å². The number of ether oxygens (including phenoxy) is 1. The van der Waals surface area contributed by atoms with E-state index in [1.54, 1.807) is 47.4 Å². The zero-order chi connectivity index (χ0) is 24.9. The van der Waals surface area contributed by atoms with Gasteiger partial charge in [-0.05, 0) is 63.4 Å². The molecule has 2 heterocycles. The summed E-state index contributed by atoms with van der Waals surface area (Å²) in [5.41, 5.74) is 1.20. The van der Waals surface area contributed by atoms with E-state index in [1.165, 1.54) is 6.07 Å². The Kier molecular flexibility index (Phi) is 7.53. The average molecular weight is 481 g/mol. The maximum absolute atomic E-state index is 13.0. The number of rotatable bonds is 6. The van der Waals surface area contributed by atoms with E-state index in [-0.39, 0.29) is 41.1 Å². The summed E-state index contributed by atoms with van der Waals surface area (Å²) < 4.78 is 5.71. The van der Waals surface area contributed by atoms with Crippen molar-refractivity contribution in [3.8, 4) is 5.75 Å². The van der Waals surface area contributed by atoms with E-state index < -0.39 is 0 Å². The molecule has 9 heteroatoms. The summed E-state index contributed by atoms with van der Waals surface area (Å²) in [6, 6.07) is 14.0. The van der Waals surface area contributed by atoms with Gasteiger partial charge in [0, 0.05) is 49.9 Å². The highest BCUT2D eigenvalue weighted by Gasteiger charge is 2.29. The Hall–Kier alpha value is -3.62. The van der Waals surface area contributed by atoms with Crippen LogP contribution in [0, 0.1) is 10.1 Å². The van der Waals surface area contributed by atoms with Gasteiger partial charge < -0.3 is 19.4 Å². The number of hydrogen-bond donors (Lipinski definition) is 0. The molecule has 0 saturated carbocycles. The Morgan fingerprint density at radius 1 is 0.971 bits per heavy atom. The Balaban J connectivity index is 1.30. The van der Waals surface area contributed by atoms with Gasteiger partial charge in [0.25, 0.3) is 17.5 Å². The zero-order valence-corrected chi connectivity index (χ0v) is 20.3. The maximum Gasteiger partial charge on any atom is 0.292 e. The molecule has 4 rings (SSSR count). The van der Waals surface area contributed by atoms with Gasteiger partial charge in [-0.15, -0.1) is 0 Å². The number of piperidine rings is 1. The van der Waals surface area contributed by atoms with E-state index in [9.17, 15) is 19.7 Å². The smallest absolute Gasteiger partial charge is 0.292 e. The second-order valence-corrected chi connectivity index (χ2v) is 9.27. The first-order valence-corrected chi connectivity index (χ1v) is 12.2. The van der Waals surface area contributed by atoms with E-state index in [4.69, 9.17) is 4.74 Å². The standard InChI is InChI=1S/C26H32N4O5/c1-19-6-5-7-20(2)29(19)25(31)18-35-22-12-10-21(11-13-22)26(32)28-16-14-27(15-17-28)23-8-3-4-9-24(23)30(33)34/h3-4,8-13,19-20H,5-7,14-18H2,1-2H3. The SMILES string of the molecule is CC1CCCC(C)N1C(=O)COc1ccc(C(=O)N2CCN(c3ccccc3[N+](=O)[O-])CC2)cc1. The second kappa shape index (κ2) is 10.8. The minimum absolute atomic E-state index is 0.0126. The van der Waals surface area contributed by atoms with Crippen LogP contribution in [-0.2, 0) is 4.79 Å². The van der Waals surface area contributed by atoms with Crippen molar-refractivity contribution >= 4 is 23.2 Å². The third-order valence-electron chi connectivity index (χ3n) is 6.93. The minimum atomic E-state index is -0.377. The zero-order valence-electron chi connectivity index (χ0n) is 20.3. The van der Waals surface area contributed by atoms with Crippen molar-refractivity contribution in [1.29, 1.82) is 0 Å². The predicted molar refractivity (Wildman–Crippen MR) is 133 cm³/mol. The van der Waals surface area contributed by atoms with E-state index >= 15 is 0 Å². The quantitative estimate of drug-likeness (QED) is 0.462. The Labute approximate surface area is 205 Å². The number of carbonyl (C=O) groups excluding carboxylic acids is 2. The van der Waals surface area contributed by atoms with Crippen molar-refractivity contribution < 1.29 is 19.2 Å². The monoisotopic (exact) mass is 480 g/mol. The summed E-state index contributed by atoms with van der Waals surface area (Å²) in [6.45, 7) is 6.13. The third kappa shape index (κ3) is 5.55. The topological polar surface area (TPSA) is 96.2 Å². The van der Waals surface area contributed by atoms with Crippen LogP contribution in [0.4, 0.5) is 11.4 Å². The number of para-hydroxylation sites is 2. The van der Waals surface area contributed by atoms with E-state index in [2.05, 4.69) is 13.8 Å². The van der Waals surface area contributed by atoms with Crippen LogP contribution in [0.15, 0.2) is 48.5 Å². The highest BCUT2D eigenvalue weighted by molar-refractivity contribution is 5.94. The van der Waals surface area contributed by atoms with Gasteiger partial charge in [0.1, 0.15) is 11.4 Å². The molecule has 0 spiro atoms. The van der Waals surface area contributed by atoms with Crippen molar-refractivity contribution in [3.05, 3.63) is 64.2 Å². The number of amides is 2. The van der Waals surface area contributed by atoms with Gasteiger partial charge in [0.15, 0.2) is 6.61 Å². The Morgan fingerprint density at radius 3 is 2.23 bits per heavy atom. The van der Waals surface area contributed by atoms with Crippen LogP contribution in [0.25, 0.3) is 0 Å². The van der Waals surface area contributed by atoms with Gasteiger partial charge in [0.2, 0.25) is 0 Å². The number of anilines is 1. The molecular formula is C26H32N4O5. The lowest BCUT2D eigenvalue weighted by molar-refractivity contribution is -0.384. The minimum Gasteiger partial charge on any atom is -0.484 e. The number of piperazine rings is 1. The van der Waals surface area contributed by atoms with Crippen LogP contribution >= 0.6 is 0 Å². The van der Waals surface area contributed by atoms with Gasteiger partial charge in [-0.3, -0.25) is 19.7 Å². The fraction of sp³-hybridized carbons (Fsp3) is 0.462. The number of nitro benzene ring substituents is 1. The third-order valence-corrected chi connectivity index (χ3v) is 6.93. The van der Waals surface area contributed by atoms with Crippen LogP contribution in [0.5, 0.6) is 5.75 Å². The molecule has 2 fully saturated rings. The van der Waals surface area contributed by atoms with E-state index in [1.807, 2.05) is 9.80 Å². The molecule has 35 heavy (non-hydrogen) atoms. The lowest BCUT2D eigenvalue weighted by Gasteiger charge is -2.39.